The second-order valence-corrected chi connectivity index (χ2v) is 8.39. The van der Waals surface area contributed by atoms with Gasteiger partial charge in [-0.2, -0.15) is 11.8 Å². The van der Waals surface area contributed by atoms with Crippen molar-refractivity contribution in [2.75, 3.05) is 23.7 Å². The molecule has 1 fully saturated rings. The van der Waals surface area contributed by atoms with Crippen LogP contribution in [0.2, 0.25) is 5.02 Å². The minimum atomic E-state index is 0.430. The van der Waals surface area contributed by atoms with Gasteiger partial charge in [0.05, 0.1) is 12.2 Å². The summed E-state index contributed by atoms with van der Waals surface area (Å²) in [5.41, 5.74) is 3.39. The zero-order valence-corrected chi connectivity index (χ0v) is 16.2. The van der Waals surface area contributed by atoms with Crippen LogP contribution < -0.4 is 4.90 Å². The van der Waals surface area contributed by atoms with Crippen LogP contribution in [0.1, 0.15) is 22.2 Å². The van der Waals surface area contributed by atoms with Gasteiger partial charge in [0, 0.05) is 40.9 Å². The number of hydrogen-bond acceptors (Lipinski definition) is 5. The molecule has 0 amide bonds. The fourth-order valence-electron chi connectivity index (χ4n) is 3.62. The summed E-state index contributed by atoms with van der Waals surface area (Å²) < 4.78 is 2.14. The molecule has 7 heteroatoms. The fraction of sp³-hybridized carbons (Fsp3) is 0.250. The van der Waals surface area contributed by atoms with Gasteiger partial charge in [-0.3, -0.25) is 9.56 Å². The smallest absolute Gasteiger partial charge is 0.232 e. The van der Waals surface area contributed by atoms with Crippen molar-refractivity contribution in [1.29, 1.82) is 0 Å². The predicted octanol–water partition coefficient (Wildman–Crippen LogP) is 4.15. The molecule has 5 nitrogen and oxygen atoms in total. The van der Waals surface area contributed by atoms with E-state index < -0.39 is 0 Å². The zero-order valence-electron chi connectivity index (χ0n) is 14.6. The van der Waals surface area contributed by atoms with E-state index in [1.807, 2.05) is 36.2 Å². The van der Waals surface area contributed by atoms with Crippen molar-refractivity contribution in [1.82, 2.24) is 14.8 Å². The van der Waals surface area contributed by atoms with Gasteiger partial charge in [0.25, 0.3) is 0 Å². The number of aliphatic imine (C=N–C) groups is 1. The average Bonchev–Trinajstić information content (AvgIpc) is 3.04. The Morgan fingerprint density at radius 2 is 1.96 bits per heavy atom. The highest BCUT2D eigenvalue weighted by Gasteiger charge is 2.28. The van der Waals surface area contributed by atoms with Crippen LogP contribution in [-0.4, -0.2) is 39.8 Å². The van der Waals surface area contributed by atoms with Gasteiger partial charge in [0.15, 0.2) is 5.82 Å². The highest BCUT2D eigenvalue weighted by Crippen LogP contribution is 2.36. The number of thioether (sulfide) groups is 1. The molecule has 0 radical (unpaired) electrons. The Kier molecular flexibility index (Phi) is 4.38. The van der Waals surface area contributed by atoms with Gasteiger partial charge in [0.2, 0.25) is 5.95 Å². The lowest BCUT2D eigenvalue weighted by Gasteiger charge is -2.33. The molecule has 2 aliphatic heterocycles. The summed E-state index contributed by atoms with van der Waals surface area (Å²) in [6, 6.07) is 16.6. The number of rotatable bonds is 2. The van der Waals surface area contributed by atoms with E-state index in [2.05, 4.69) is 55.0 Å². The molecule has 27 heavy (non-hydrogen) atoms. The van der Waals surface area contributed by atoms with Crippen LogP contribution in [0.25, 0.3) is 5.69 Å². The lowest BCUT2D eigenvalue weighted by atomic mass is 10.1. The molecule has 0 bridgehead atoms. The van der Waals surface area contributed by atoms with Crippen molar-refractivity contribution in [2.24, 2.45) is 4.99 Å². The Balaban J connectivity index is 1.53. The molecule has 0 saturated carbocycles. The second-order valence-electron chi connectivity index (χ2n) is 6.64. The van der Waals surface area contributed by atoms with Crippen LogP contribution in [0, 0.1) is 0 Å². The van der Waals surface area contributed by atoms with E-state index >= 15 is 0 Å². The molecule has 0 N–H and O–H groups in total. The fourth-order valence-corrected chi connectivity index (χ4v) is 5.05. The van der Waals surface area contributed by atoms with Crippen molar-refractivity contribution in [3.05, 3.63) is 70.5 Å². The molecule has 1 atom stereocenters. The van der Waals surface area contributed by atoms with Gasteiger partial charge >= 0.3 is 0 Å². The molecule has 3 heterocycles. The lowest BCUT2D eigenvalue weighted by Crippen LogP contribution is -2.36. The molecule has 1 saturated heterocycles. The monoisotopic (exact) mass is 395 g/mol. The Morgan fingerprint density at radius 3 is 2.85 bits per heavy atom. The Bertz CT molecular complexity index is 1000. The maximum absolute atomic E-state index is 6.19. The van der Waals surface area contributed by atoms with E-state index in [4.69, 9.17) is 11.6 Å². The molecule has 2 aliphatic rings. The largest absolute Gasteiger partial charge is 0.338 e. The minimum absolute atomic E-state index is 0.430. The van der Waals surface area contributed by atoms with E-state index in [9.17, 15) is 0 Å². The first-order chi connectivity index (χ1) is 13.3. The maximum atomic E-state index is 6.19. The van der Waals surface area contributed by atoms with Crippen LogP contribution in [-0.2, 0) is 6.54 Å². The van der Waals surface area contributed by atoms with Gasteiger partial charge < -0.3 is 4.90 Å². The summed E-state index contributed by atoms with van der Waals surface area (Å²) in [5.74, 6) is 2.81. The summed E-state index contributed by atoms with van der Waals surface area (Å²) in [6.45, 7) is 2.39. The molecule has 1 aromatic heterocycles. The van der Waals surface area contributed by atoms with Crippen LogP contribution in [0.5, 0.6) is 0 Å². The Morgan fingerprint density at radius 1 is 1.07 bits per heavy atom. The van der Waals surface area contributed by atoms with Crippen molar-refractivity contribution in [3.8, 4) is 5.69 Å². The first-order valence-electron chi connectivity index (χ1n) is 8.95. The molecular formula is C20H18ClN5S. The van der Waals surface area contributed by atoms with Gasteiger partial charge in [-0.15, -0.1) is 10.2 Å². The van der Waals surface area contributed by atoms with Gasteiger partial charge in [0.1, 0.15) is 0 Å². The number of hydrogen-bond donors (Lipinski definition) is 0. The van der Waals surface area contributed by atoms with E-state index in [1.165, 1.54) is 5.56 Å². The third-order valence-electron chi connectivity index (χ3n) is 4.93. The second kappa shape index (κ2) is 7.02. The topological polar surface area (TPSA) is 46.3 Å². The molecule has 136 valence electrons. The van der Waals surface area contributed by atoms with Gasteiger partial charge in [-0.25, -0.2) is 0 Å². The summed E-state index contributed by atoms with van der Waals surface area (Å²) in [7, 11) is 0. The van der Waals surface area contributed by atoms with Gasteiger partial charge in [-0.1, -0.05) is 41.9 Å². The van der Waals surface area contributed by atoms with Crippen LogP contribution in [0.3, 0.4) is 0 Å². The number of anilines is 1. The summed E-state index contributed by atoms with van der Waals surface area (Å²) in [6.07, 6.45) is 1.87. The van der Waals surface area contributed by atoms with Crippen molar-refractivity contribution in [3.63, 3.8) is 0 Å². The first kappa shape index (κ1) is 16.8. The van der Waals surface area contributed by atoms with E-state index in [-0.39, 0.29) is 0 Å². The zero-order chi connectivity index (χ0) is 18.2. The van der Waals surface area contributed by atoms with E-state index in [0.29, 0.717) is 16.8 Å². The van der Waals surface area contributed by atoms with Crippen molar-refractivity contribution in [2.45, 2.75) is 11.8 Å². The summed E-state index contributed by atoms with van der Waals surface area (Å²) >= 11 is 8.20. The third kappa shape index (κ3) is 3.13. The number of fused-ring (bicyclic) bond motifs is 3. The van der Waals surface area contributed by atoms with Crippen LogP contribution >= 0.6 is 23.4 Å². The van der Waals surface area contributed by atoms with Crippen LogP contribution in [0.15, 0.2) is 53.5 Å². The molecule has 0 spiro atoms. The molecule has 5 rings (SSSR count). The summed E-state index contributed by atoms with van der Waals surface area (Å²) in [5, 5.41) is 10.1. The highest BCUT2D eigenvalue weighted by atomic mass is 35.5. The molecule has 2 aromatic carbocycles. The minimum Gasteiger partial charge on any atom is -0.338 e. The highest BCUT2D eigenvalue weighted by molar-refractivity contribution is 7.99. The molecule has 3 aromatic rings. The van der Waals surface area contributed by atoms with E-state index in [1.54, 1.807) is 0 Å². The van der Waals surface area contributed by atoms with Gasteiger partial charge in [-0.05, 0) is 23.8 Å². The third-order valence-corrected chi connectivity index (χ3v) is 6.40. The maximum Gasteiger partial charge on any atom is 0.232 e. The standard InChI is InChI=1S/C20H18ClN5S/c21-16-6-7-17-15(10-16)11-22-12-19-23-24-20(26(17)19)25-8-9-27-18(13-25)14-4-2-1-3-5-14/h1-7,10-11,18H,8-9,12-13H2. The van der Waals surface area contributed by atoms with Crippen molar-refractivity contribution >= 4 is 35.5 Å². The Labute approximate surface area is 167 Å². The number of aromatic nitrogens is 3. The first-order valence-corrected chi connectivity index (χ1v) is 10.4. The summed E-state index contributed by atoms with van der Waals surface area (Å²) in [4.78, 5) is 6.83. The molecule has 1 unspecified atom stereocenters. The van der Waals surface area contributed by atoms with Crippen LogP contribution in [0.4, 0.5) is 5.95 Å². The number of halogens is 1. The number of benzene rings is 2. The van der Waals surface area contributed by atoms with E-state index in [0.717, 1.165) is 41.9 Å². The Hall–Kier alpha value is -2.31. The molecular weight excluding hydrogens is 378 g/mol. The average molecular weight is 396 g/mol. The van der Waals surface area contributed by atoms with Crippen molar-refractivity contribution < 1.29 is 0 Å². The number of nitrogens with zero attached hydrogens (tertiary/aromatic N) is 5. The predicted molar refractivity (Wildman–Crippen MR) is 112 cm³/mol. The SMILES string of the molecule is Clc1ccc2c(c1)C=NCc1nnc(N3CCSC(c4ccccc4)C3)n1-2. The lowest BCUT2D eigenvalue weighted by molar-refractivity contribution is 0.735. The molecule has 0 aliphatic carbocycles. The normalized spacial score (nSPS) is 18.7. The quantitative estimate of drug-likeness (QED) is 0.654.